The number of benzene rings is 1. The zero-order valence-corrected chi connectivity index (χ0v) is 9.59. The van der Waals surface area contributed by atoms with E-state index in [4.69, 9.17) is 4.74 Å². The third kappa shape index (κ3) is 2.75. The van der Waals surface area contributed by atoms with E-state index in [2.05, 4.69) is 0 Å². The first-order valence-corrected chi connectivity index (χ1v) is 5.90. The van der Waals surface area contributed by atoms with Gasteiger partial charge in [0.25, 0.3) is 0 Å². The van der Waals surface area contributed by atoms with E-state index in [1.165, 1.54) is 6.07 Å². The van der Waals surface area contributed by atoms with Gasteiger partial charge in [-0.1, -0.05) is 6.42 Å². The summed E-state index contributed by atoms with van der Waals surface area (Å²) >= 11 is 0. The first-order valence-electron chi connectivity index (χ1n) is 5.90. The monoisotopic (exact) mass is 242 g/mol. The summed E-state index contributed by atoms with van der Waals surface area (Å²) in [5, 5.41) is 9.43. The molecule has 0 saturated heterocycles. The molecule has 0 bridgehead atoms. The molecule has 0 unspecified atom stereocenters. The smallest absolute Gasteiger partial charge is 0.168 e. The fourth-order valence-corrected chi connectivity index (χ4v) is 2.28. The van der Waals surface area contributed by atoms with Crippen LogP contribution in [0.3, 0.4) is 0 Å². The first kappa shape index (κ1) is 12.3. The molecule has 1 aromatic carbocycles. The number of aliphatic hydroxyl groups is 1. The number of hydrogen-bond acceptors (Lipinski definition) is 2. The van der Waals surface area contributed by atoms with Crippen molar-refractivity contribution in [1.82, 2.24) is 0 Å². The highest BCUT2D eigenvalue weighted by Gasteiger charge is 2.34. The third-order valence-electron chi connectivity index (χ3n) is 3.27. The minimum Gasteiger partial charge on any atom is -0.482 e. The second-order valence-corrected chi connectivity index (χ2v) is 4.58. The molecular formula is C13H16F2O2. The Bertz CT molecular complexity index is 387. The van der Waals surface area contributed by atoms with E-state index in [1.807, 2.05) is 0 Å². The lowest BCUT2D eigenvalue weighted by atomic mass is 9.85. The average Bonchev–Trinajstić information content (AvgIpc) is 2.34. The van der Waals surface area contributed by atoms with E-state index >= 15 is 0 Å². The van der Waals surface area contributed by atoms with Crippen LogP contribution in [0.4, 0.5) is 8.78 Å². The predicted molar refractivity (Wildman–Crippen MR) is 59.9 cm³/mol. The van der Waals surface area contributed by atoms with E-state index in [9.17, 15) is 13.9 Å². The SMILES string of the molecule is OCC1(Oc2ccc(F)cc2F)CCCCC1. The summed E-state index contributed by atoms with van der Waals surface area (Å²) in [4.78, 5) is 0. The number of ether oxygens (including phenoxy) is 1. The molecule has 0 amide bonds. The van der Waals surface area contributed by atoms with Gasteiger partial charge in [0, 0.05) is 6.07 Å². The number of aliphatic hydroxyl groups excluding tert-OH is 1. The van der Waals surface area contributed by atoms with Crippen molar-refractivity contribution < 1.29 is 18.6 Å². The molecule has 0 heterocycles. The quantitative estimate of drug-likeness (QED) is 0.882. The van der Waals surface area contributed by atoms with Gasteiger partial charge < -0.3 is 9.84 Å². The van der Waals surface area contributed by atoms with Crippen molar-refractivity contribution in [1.29, 1.82) is 0 Å². The summed E-state index contributed by atoms with van der Waals surface area (Å²) in [6, 6.07) is 3.23. The van der Waals surface area contributed by atoms with Crippen LogP contribution in [0.1, 0.15) is 32.1 Å². The van der Waals surface area contributed by atoms with Crippen molar-refractivity contribution in [3.8, 4) is 5.75 Å². The van der Waals surface area contributed by atoms with Gasteiger partial charge in [-0.2, -0.15) is 0 Å². The van der Waals surface area contributed by atoms with Gasteiger partial charge in [0.1, 0.15) is 11.4 Å². The molecule has 0 radical (unpaired) electrons. The molecule has 0 aliphatic heterocycles. The van der Waals surface area contributed by atoms with Gasteiger partial charge in [-0.15, -0.1) is 0 Å². The van der Waals surface area contributed by atoms with Crippen LogP contribution in [0.15, 0.2) is 18.2 Å². The standard InChI is InChI=1S/C13H16F2O2/c14-10-4-5-12(11(15)8-10)17-13(9-16)6-2-1-3-7-13/h4-5,8,16H,1-3,6-7,9H2. The lowest BCUT2D eigenvalue weighted by Gasteiger charge is -2.36. The summed E-state index contributed by atoms with van der Waals surface area (Å²) in [7, 11) is 0. The first-order chi connectivity index (χ1) is 8.15. The number of hydrogen-bond donors (Lipinski definition) is 1. The molecule has 0 spiro atoms. The summed E-state index contributed by atoms with van der Waals surface area (Å²) in [6.45, 7) is -0.135. The molecule has 4 heteroatoms. The Morgan fingerprint density at radius 3 is 2.47 bits per heavy atom. The Balaban J connectivity index is 2.17. The van der Waals surface area contributed by atoms with Crippen LogP contribution < -0.4 is 4.74 Å². The molecule has 2 rings (SSSR count). The zero-order chi connectivity index (χ0) is 12.3. The topological polar surface area (TPSA) is 29.5 Å². The molecule has 17 heavy (non-hydrogen) atoms. The Labute approximate surface area is 99.2 Å². The summed E-state index contributed by atoms with van der Waals surface area (Å²) in [5.41, 5.74) is -0.698. The van der Waals surface area contributed by atoms with Crippen LogP contribution >= 0.6 is 0 Å². The van der Waals surface area contributed by atoms with Gasteiger partial charge in [-0.05, 0) is 37.8 Å². The lowest BCUT2D eigenvalue weighted by molar-refractivity contribution is -0.0223. The van der Waals surface area contributed by atoms with Crippen LogP contribution in [0.2, 0.25) is 0 Å². The number of halogens is 2. The fraction of sp³-hybridized carbons (Fsp3) is 0.538. The van der Waals surface area contributed by atoms with E-state index in [0.717, 1.165) is 31.4 Å². The molecule has 1 aromatic rings. The maximum atomic E-state index is 13.5. The Morgan fingerprint density at radius 2 is 1.88 bits per heavy atom. The van der Waals surface area contributed by atoms with Crippen LogP contribution in [0, 0.1) is 11.6 Å². The molecule has 1 fully saturated rings. The maximum absolute atomic E-state index is 13.5. The molecule has 0 aromatic heterocycles. The zero-order valence-electron chi connectivity index (χ0n) is 9.59. The van der Waals surface area contributed by atoms with Crippen molar-refractivity contribution in [2.75, 3.05) is 6.61 Å². The van der Waals surface area contributed by atoms with Crippen molar-refractivity contribution >= 4 is 0 Å². The maximum Gasteiger partial charge on any atom is 0.168 e. The van der Waals surface area contributed by atoms with Gasteiger partial charge in [0.05, 0.1) is 6.61 Å². The molecule has 1 N–H and O–H groups in total. The van der Waals surface area contributed by atoms with Gasteiger partial charge in [0.15, 0.2) is 11.6 Å². The van der Waals surface area contributed by atoms with Gasteiger partial charge in [0.2, 0.25) is 0 Å². The molecule has 0 atom stereocenters. The Hall–Kier alpha value is -1.16. The largest absolute Gasteiger partial charge is 0.482 e. The average molecular weight is 242 g/mol. The van der Waals surface area contributed by atoms with Crippen molar-refractivity contribution in [2.24, 2.45) is 0 Å². The van der Waals surface area contributed by atoms with E-state index in [-0.39, 0.29) is 12.4 Å². The molecule has 2 nitrogen and oxygen atoms in total. The van der Waals surface area contributed by atoms with Gasteiger partial charge in [-0.25, -0.2) is 8.78 Å². The van der Waals surface area contributed by atoms with Gasteiger partial charge >= 0.3 is 0 Å². The van der Waals surface area contributed by atoms with Crippen LogP contribution in [-0.4, -0.2) is 17.3 Å². The second-order valence-electron chi connectivity index (χ2n) is 4.58. The molecule has 1 saturated carbocycles. The third-order valence-corrected chi connectivity index (χ3v) is 3.27. The minimum atomic E-state index is -0.719. The Morgan fingerprint density at radius 1 is 1.18 bits per heavy atom. The van der Waals surface area contributed by atoms with Gasteiger partial charge in [-0.3, -0.25) is 0 Å². The highest BCUT2D eigenvalue weighted by Crippen LogP contribution is 2.33. The second kappa shape index (κ2) is 5.00. The van der Waals surface area contributed by atoms with Crippen LogP contribution in [0.5, 0.6) is 5.75 Å². The highest BCUT2D eigenvalue weighted by atomic mass is 19.1. The van der Waals surface area contributed by atoms with Crippen molar-refractivity contribution in [3.05, 3.63) is 29.8 Å². The highest BCUT2D eigenvalue weighted by molar-refractivity contribution is 5.25. The van der Waals surface area contributed by atoms with E-state index in [0.29, 0.717) is 12.8 Å². The van der Waals surface area contributed by atoms with E-state index < -0.39 is 17.2 Å². The predicted octanol–water partition coefficient (Wildman–Crippen LogP) is 3.04. The summed E-state index contributed by atoms with van der Waals surface area (Å²) in [6.07, 6.45) is 4.45. The van der Waals surface area contributed by atoms with Crippen molar-refractivity contribution in [3.63, 3.8) is 0 Å². The Kier molecular flexibility index (Phi) is 3.62. The molecular weight excluding hydrogens is 226 g/mol. The van der Waals surface area contributed by atoms with Crippen molar-refractivity contribution in [2.45, 2.75) is 37.7 Å². The lowest BCUT2D eigenvalue weighted by Crippen LogP contribution is -2.42. The normalized spacial score (nSPS) is 19.0. The van der Waals surface area contributed by atoms with E-state index in [1.54, 1.807) is 0 Å². The minimum absolute atomic E-state index is 0.0161. The van der Waals surface area contributed by atoms with Crippen LogP contribution in [0.25, 0.3) is 0 Å². The fourth-order valence-electron chi connectivity index (χ4n) is 2.28. The summed E-state index contributed by atoms with van der Waals surface area (Å²) < 4.78 is 31.8. The molecule has 1 aliphatic carbocycles. The molecule has 1 aliphatic rings. The summed E-state index contributed by atoms with van der Waals surface area (Å²) in [5.74, 6) is -1.33. The van der Waals surface area contributed by atoms with Crippen LogP contribution in [-0.2, 0) is 0 Å². The number of rotatable bonds is 3. The molecule has 94 valence electrons.